The van der Waals surface area contributed by atoms with Crippen molar-refractivity contribution in [1.29, 1.82) is 0 Å². The van der Waals surface area contributed by atoms with E-state index in [0.717, 1.165) is 16.7 Å². The van der Waals surface area contributed by atoms with Crippen LogP contribution in [0.2, 0.25) is 0 Å². The number of imidazole rings is 1. The summed E-state index contributed by atoms with van der Waals surface area (Å²) in [5.74, 6) is 0.474. The van der Waals surface area contributed by atoms with E-state index in [4.69, 9.17) is 15.2 Å². The molecule has 2 aromatic heterocycles. The van der Waals surface area contributed by atoms with Crippen LogP contribution in [0.4, 0.5) is 5.95 Å². The van der Waals surface area contributed by atoms with Crippen molar-refractivity contribution in [3.05, 3.63) is 17.8 Å². The summed E-state index contributed by atoms with van der Waals surface area (Å²) in [5, 5.41) is 0. The third kappa shape index (κ3) is 2.60. The molecule has 2 N–H and O–H groups in total. The van der Waals surface area contributed by atoms with E-state index >= 15 is 0 Å². The van der Waals surface area contributed by atoms with Crippen molar-refractivity contribution in [2.45, 2.75) is 13.5 Å². The molecule has 2 rings (SSSR count). The number of anilines is 1. The highest BCUT2D eigenvalue weighted by molar-refractivity contribution is 5.77. The van der Waals surface area contributed by atoms with Gasteiger partial charge in [-0.3, -0.25) is 4.57 Å². The van der Waals surface area contributed by atoms with E-state index in [0.29, 0.717) is 32.3 Å². The molecule has 0 amide bonds. The Hall–Kier alpha value is -1.66. The average Bonchev–Trinajstić information content (AvgIpc) is 2.68. The van der Waals surface area contributed by atoms with Crippen LogP contribution >= 0.6 is 0 Å². The molecule has 0 aliphatic heterocycles. The van der Waals surface area contributed by atoms with Crippen LogP contribution in [0.25, 0.3) is 11.2 Å². The van der Waals surface area contributed by atoms with Gasteiger partial charge < -0.3 is 15.2 Å². The van der Waals surface area contributed by atoms with Crippen LogP contribution in [0, 0.1) is 6.92 Å². The number of hydrogen-bond donors (Lipinski definition) is 1. The van der Waals surface area contributed by atoms with Gasteiger partial charge in [0.2, 0.25) is 5.95 Å². The van der Waals surface area contributed by atoms with Gasteiger partial charge in [0.25, 0.3) is 0 Å². The largest absolute Gasteiger partial charge is 0.382 e. The van der Waals surface area contributed by atoms with Gasteiger partial charge in [-0.2, -0.15) is 0 Å². The Bertz CT molecular complexity index is 524. The lowest BCUT2D eigenvalue weighted by Crippen LogP contribution is -2.11. The van der Waals surface area contributed by atoms with E-state index in [9.17, 15) is 0 Å². The van der Waals surface area contributed by atoms with Crippen molar-refractivity contribution in [2.75, 3.05) is 32.7 Å². The number of rotatable bonds is 6. The number of nitrogen functional groups attached to an aromatic ring is 1. The van der Waals surface area contributed by atoms with Crippen LogP contribution in [-0.2, 0) is 16.0 Å². The molecule has 0 atom stereocenters. The van der Waals surface area contributed by atoms with Crippen LogP contribution in [-0.4, -0.2) is 41.5 Å². The first-order valence-corrected chi connectivity index (χ1v) is 5.88. The topological polar surface area (TPSA) is 75.2 Å². The van der Waals surface area contributed by atoms with Crippen molar-refractivity contribution >= 4 is 17.1 Å². The molecule has 2 aromatic rings. The second kappa shape index (κ2) is 5.79. The molecule has 0 spiro atoms. The van der Waals surface area contributed by atoms with Crippen molar-refractivity contribution in [1.82, 2.24) is 14.5 Å². The quantitative estimate of drug-likeness (QED) is 0.774. The molecule has 0 fully saturated rings. The highest BCUT2D eigenvalue weighted by Gasteiger charge is 2.10. The molecule has 0 unspecified atom stereocenters. The molecule has 0 aromatic carbocycles. The van der Waals surface area contributed by atoms with Crippen LogP contribution in [0.5, 0.6) is 0 Å². The second-order valence-electron chi connectivity index (χ2n) is 4.03. The van der Waals surface area contributed by atoms with Gasteiger partial charge in [0.05, 0.1) is 26.4 Å². The highest BCUT2D eigenvalue weighted by Crippen LogP contribution is 2.18. The Morgan fingerprint density at radius 1 is 1.33 bits per heavy atom. The molecule has 6 heteroatoms. The zero-order chi connectivity index (χ0) is 13.0. The smallest absolute Gasteiger partial charge is 0.202 e. The summed E-state index contributed by atoms with van der Waals surface area (Å²) in [6.07, 6.45) is 1.76. The number of nitrogens with two attached hydrogens (primary N) is 1. The fourth-order valence-electron chi connectivity index (χ4n) is 1.78. The van der Waals surface area contributed by atoms with Gasteiger partial charge in [0.15, 0.2) is 5.65 Å². The fraction of sp³-hybridized carbons (Fsp3) is 0.500. The first-order chi connectivity index (χ1) is 8.74. The number of aryl methyl sites for hydroxylation is 1. The minimum absolute atomic E-state index is 0.474. The van der Waals surface area contributed by atoms with E-state index in [1.165, 1.54) is 0 Å². The van der Waals surface area contributed by atoms with Gasteiger partial charge in [0, 0.05) is 13.3 Å². The standard InChI is InChI=1S/C12H18N4O2/c1-9-3-4-14-11-10(9)15-12(13)16(11)5-6-18-8-7-17-2/h3-4H,5-8H2,1-2H3,(H2,13,15). The number of ether oxygens (including phenoxy) is 2. The van der Waals surface area contributed by atoms with E-state index in [2.05, 4.69) is 9.97 Å². The highest BCUT2D eigenvalue weighted by atomic mass is 16.5. The first kappa shape index (κ1) is 12.8. The van der Waals surface area contributed by atoms with Gasteiger partial charge >= 0.3 is 0 Å². The van der Waals surface area contributed by atoms with Gasteiger partial charge in [-0.05, 0) is 18.6 Å². The summed E-state index contributed by atoms with van der Waals surface area (Å²) in [6, 6.07) is 1.92. The van der Waals surface area contributed by atoms with Crippen LogP contribution in [0.15, 0.2) is 12.3 Å². The first-order valence-electron chi connectivity index (χ1n) is 5.88. The normalized spacial score (nSPS) is 11.2. The summed E-state index contributed by atoms with van der Waals surface area (Å²) in [6.45, 7) is 4.38. The van der Waals surface area contributed by atoms with Gasteiger partial charge in [0.1, 0.15) is 5.52 Å². The number of hydrogen-bond acceptors (Lipinski definition) is 5. The molecule has 0 aliphatic carbocycles. The zero-order valence-electron chi connectivity index (χ0n) is 10.7. The molecule has 0 bridgehead atoms. The number of nitrogens with zero attached hydrogens (tertiary/aromatic N) is 3. The summed E-state index contributed by atoms with van der Waals surface area (Å²) in [7, 11) is 1.65. The Morgan fingerprint density at radius 3 is 2.94 bits per heavy atom. The monoisotopic (exact) mass is 250 g/mol. The molecule has 98 valence electrons. The minimum Gasteiger partial charge on any atom is -0.382 e. The fourth-order valence-corrected chi connectivity index (χ4v) is 1.78. The van der Waals surface area contributed by atoms with Crippen molar-refractivity contribution in [3.8, 4) is 0 Å². The lowest BCUT2D eigenvalue weighted by molar-refractivity contribution is 0.0671. The molecule has 18 heavy (non-hydrogen) atoms. The molecule has 0 radical (unpaired) electrons. The average molecular weight is 250 g/mol. The minimum atomic E-state index is 0.474. The van der Waals surface area contributed by atoms with Crippen molar-refractivity contribution in [3.63, 3.8) is 0 Å². The Morgan fingerprint density at radius 2 is 2.17 bits per heavy atom. The molecular weight excluding hydrogens is 232 g/mol. The van der Waals surface area contributed by atoms with Gasteiger partial charge in [-0.15, -0.1) is 0 Å². The molecule has 0 aliphatic rings. The number of methoxy groups -OCH3 is 1. The van der Waals surface area contributed by atoms with E-state index < -0.39 is 0 Å². The Balaban J connectivity index is 2.08. The molecule has 0 saturated carbocycles. The van der Waals surface area contributed by atoms with Gasteiger partial charge in [-0.1, -0.05) is 0 Å². The van der Waals surface area contributed by atoms with E-state index in [1.54, 1.807) is 13.3 Å². The predicted octanol–water partition coefficient (Wildman–Crippen LogP) is 0.985. The van der Waals surface area contributed by atoms with Crippen LogP contribution < -0.4 is 5.73 Å². The number of pyridine rings is 1. The third-order valence-electron chi connectivity index (χ3n) is 2.76. The summed E-state index contributed by atoms with van der Waals surface area (Å²) in [4.78, 5) is 8.64. The molecule has 2 heterocycles. The molecular formula is C12H18N4O2. The molecule has 0 saturated heterocycles. The van der Waals surface area contributed by atoms with Crippen molar-refractivity contribution in [2.24, 2.45) is 0 Å². The van der Waals surface area contributed by atoms with E-state index in [1.807, 2.05) is 17.6 Å². The zero-order valence-corrected chi connectivity index (χ0v) is 10.7. The Kier molecular flexibility index (Phi) is 4.11. The number of aromatic nitrogens is 3. The maximum absolute atomic E-state index is 5.89. The predicted molar refractivity (Wildman–Crippen MR) is 69.4 cm³/mol. The van der Waals surface area contributed by atoms with Crippen LogP contribution in [0.1, 0.15) is 5.56 Å². The third-order valence-corrected chi connectivity index (χ3v) is 2.76. The Labute approximate surface area is 106 Å². The summed E-state index contributed by atoms with van der Waals surface area (Å²) >= 11 is 0. The maximum atomic E-state index is 5.89. The maximum Gasteiger partial charge on any atom is 0.202 e. The summed E-state index contributed by atoms with van der Waals surface area (Å²) < 4.78 is 12.2. The lowest BCUT2D eigenvalue weighted by Gasteiger charge is -2.06. The van der Waals surface area contributed by atoms with Crippen LogP contribution in [0.3, 0.4) is 0 Å². The SMILES string of the molecule is COCCOCCn1c(N)nc2c(C)ccnc21. The van der Waals surface area contributed by atoms with Crippen molar-refractivity contribution < 1.29 is 9.47 Å². The summed E-state index contributed by atoms with van der Waals surface area (Å²) in [5.41, 5.74) is 8.63. The lowest BCUT2D eigenvalue weighted by atomic mass is 10.3. The molecule has 6 nitrogen and oxygen atoms in total. The van der Waals surface area contributed by atoms with E-state index in [-0.39, 0.29) is 0 Å². The second-order valence-corrected chi connectivity index (χ2v) is 4.03. The number of fused-ring (bicyclic) bond motifs is 1. The van der Waals surface area contributed by atoms with Gasteiger partial charge in [-0.25, -0.2) is 9.97 Å².